The summed E-state index contributed by atoms with van der Waals surface area (Å²) in [5.74, 6) is 0. The van der Waals surface area contributed by atoms with E-state index in [1.807, 2.05) is 17.6 Å². The maximum absolute atomic E-state index is 4.58. The van der Waals surface area contributed by atoms with Crippen molar-refractivity contribution < 1.29 is 0 Å². The molecule has 0 aliphatic carbocycles. The predicted molar refractivity (Wildman–Crippen MR) is 70.4 cm³/mol. The predicted octanol–water partition coefficient (Wildman–Crippen LogP) is 3.33. The van der Waals surface area contributed by atoms with Crippen LogP contribution in [0, 0.1) is 6.92 Å². The van der Waals surface area contributed by atoms with Crippen LogP contribution in [0.4, 0.5) is 0 Å². The van der Waals surface area contributed by atoms with Crippen molar-refractivity contribution >= 4 is 16.3 Å². The van der Waals surface area contributed by atoms with Crippen molar-refractivity contribution in [2.24, 2.45) is 0 Å². The van der Waals surface area contributed by atoms with Crippen LogP contribution in [0.1, 0.15) is 17.5 Å². The molecule has 0 atom stereocenters. The second-order valence-electron chi connectivity index (χ2n) is 4.02. The highest BCUT2D eigenvalue weighted by Gasteiger charge is 2.07. The number of nitrogens with zero attached hydrogens (tertiary/aromatic N) is 3. The molecule has 0 radical (unpaired) electrons. The lowest BCUT2D eigenvalue weighted by atomic mass is 10.1. The summed E-state index contributed by atoms with van der Waals surface area (Å²) < 4.78 is 1.85. The van der Waals surface area contributed by atoms with Crippen LogP contribution in [0.5, 0.6) is 0 Å². The number of hydrogen-bond donors (Lipinski definition) is 0. The fourth-order valence-corrected chi connectivity index (χ4v) is 2.57. The van der Waals surface area contributed by atoms with Gasteiger partial charge in [-0.2, -0.15) is 5.10 Å². The minimum Gasteiger partial charge on any atom is -0.217 e. The molecule has 0 N–H and O–H groups in total. The average Bonchev–Trinajstić information content (AvgIpc) is 2.86. The number of fused-ring (bicyclic) bond motifs is 1. The Labute approximate surface area is 104 Å². The van der Waals surface area contributed by atoms with Gasteiger partial charge in [0.15, 0.2) is 0 Å². The Hall–Kier alpha value is -1.68. The minimum atomic E-state index is 0.956. The quantitative estimate of drug-likeness (QED) is 0.691. The van der Waals surface area contributed by atoms with Crippen LogP contribution in [0.2, 0.25) is 0 Å². The Morgan fingerprint density at radius 1 is 1.24 bits per heavy atom. The molecule has 3 aromatic rings. The molecule has 1 aromatic carbocycles. The number of hydrogen-bond acceptors (Lipinski definition) is 3. The molecule has 17 heavy (non-hydrogen) atoms. The lowest BCUT2D eigenvalue weighted by Crippen LogP contribution is -1.82. The molecule has 2 aromatic heterocycles. The third-order valence-electron chi connectivity index (χ3n) is 2.80. The summed E-state index contributed by atoms with van der Waals surface area (Å²) in [5, 5.41) is 5.41. The van der Waals surface area contributed by atoms with Gasteiger partial charge in [-0.05, 0) is 18.9 Å². The molecule has 0 fully saturated rings. The molecule has 0 bridgehead atoms. The highest BCUT2D eigenvalue weighted by Crippen LogP contribution is 2.22. The number of aryl methyl sites for hydroxylation is 2. The highest BCUT2D eigenvalue weighted by atomic mass is 32.1. The number of rotatable bonds is 2. The van der Waals surface area contributed by atoms with E-state index in [0.717, 1.165) is 27.6 Å². The molecule has 0 spiro atoms. The normalized spacial score (nSPS) is 11.2. The zero-order valence-corrected chi connectivity index (χ0v) is 10.7. The molecule has 4 heteroatoms. The molecule has 3 nitrogen and oxygen atoms in total. The zero-order valence-electron chi connectivity index (χ0n) is 9.84. The van der Waals surface area contributed by atoms with Gasteiger partial charge in [0, 0.05) is 5.56 Å². The van der Waals surface area contributed by atoms with Crippen molar-refractivity contribution in [3.8, 4) is 11.3 Å². The molecule has 3 rings (SSSR count). The van der Waals surface area contributed by atoms with Gasteiger partial charge in [-0.25, -0.2) is 9.50 Å². The van der Waals surface area contributed by atoms with Crippen LogP contribution >= 0.6 is 11.3 Å². The van der Waals surface area contributed by atoms with Crippen molar-refractivity contribution in [3.05, 3.63) is 41.0 Å². The Balaban J connectivity index is 2.04. The van der Waals surface area contributed by atoms with E-state index in [4.69, 9.17) is 0 Å². The summed E-state index contributed by atoms with van der Waals surface area (Å²) in [6.07, 6.45) is 3.05. The van der Waals surface area contributed by atoms with E-state index in [2.05, 4.69) is 41.3 Å². The van der Waals surface area contributed by atoms with Crippen molar-refractivity contribution in [1.82, 2.24) is 14.6 Å². The van der Waals surface area contributed by atoms with Gasteiger partial charge in [-0.3, -0.25) is 0 Å². The molecular formula is C13H13N3S. The number of benzene rings is 1. The average molecular weight is 243 g/mol. The van der Waals surface area contributed by atoms with E-state index in [1.54, 1.807) is 11.3 Å². The summed E-state index contributed by atoms with van der Waals surface area (Å²) in [6.45, 7) is 4.16. The summed E-state index contributed by atoms with van der Waals surface area (Å²) in [6, 6.07) is 8.55. The molecule has 0 amide bonds. The fraction of sp³-hybridized carbons (Fsp3) is 0.231. The Kier molecular flexibility index (Phi) is 2.44. The molecule has 0 aliphatic heterocycles. The Morgan fingerprint density at radius 2 is 2.00 bits per heavy atom. The second-order valence-corrected chi connectivity index (χ2v) is 5.18. The van der Waals surface area contributed by atoms with Crippen molar-refractivity contribution in [2.45, 2.75) is 20.3 Å². The maximum Gasteiger partial charge on any atom is 0.212 e. The smallest absolute Gasteiger partial charge is 0.212 e. The fourth-order valence-electron chi connectivity index (χ4n) is 1.85. The summed E-state index contributed by atoms with van der Waals surface area (Å²) in [4.78, 5) is 5.53. The van der Waals surface area contributed by atoms with Gasteiger partial charge in [0.2, 0.25) is 4.96 Å². The Morgan fingerprint density at radius 3 is 2.65 bits per heavy atom. The monoisotopic (exact) mass is 243 g/mol. The van der Waals surface area contributed by atoms with Gasteiger partial charge < -0.3 is 0 Å². The van der Waals surface area contributed by atoms with Crippen LogP contribution in [-0.2, 0) is 6.42 Å². The van der Waals surface area contributed by atoms with Crippen LogP contribution in [0.15, 0.2) is 30.5 Å². The number of imidazole rings is 1. The van der Waals surface area contributed by atoms with Gasteiger partial charge in [-0.1, -0.05) is 42.5 Å². The lowest BCUT2D eigenvalue weighted by Gasteiger charge is -1.98. The van der Waals surface area contributed by atoms with Gasteiger partial charge in [0.1, 0.15) is 5.01 Å². The SMILES string of the molecule is CCc1ccc(-c2cn3nc(C)sc3n2)cc1. The van der Waals surface area contributed by atoms with Crippen molar-refractivity contribution in [2.75, 3.05) is 0 Å². The Bertz CT molecular complexity index is 617. The van der Waals surface area contributed by atoms with Gasteiger partial charge in [0.05, 0.1) is 11.9 Å². The van der Waals surface area contributed by atoms with Crippen molar-refractivity contribution in [1.29, 1.82) is 0 Å². The topological polar surface area (TPSA) is 30.2 Å². The van der Waals surface area contributed by atoms with E-state index in [1.165, 1.54) is 5.56 Å². The molecule has 0 unspecified atom stereocenters. The van der Waals surface area contributed by atoms with E-state index >= 15 is 0 Å². The van der Waals surface area contributed by atoms with Crippen LogP contribution < -0.4 is 0 Å². The van der Waals surface area contributed by atoms with E-state index < -0.39 is 0 Å². The van der Waals surface area contributed by atoms with Crippen LogP contribution in [0.3, 0.4) is 0 Å². The van der Waals surface area contributed by atoms with Gasteiger partial charge in [0.25, 0.3) is 0 Å². The first kappa shape index (κ1) is 10.5. The molecule has 0 saturated heterocycles. The molecule has 0 aliphatic rings. The van der Waals surface area contributed by atoms with Gasteiger partial charge in [-0.15, -0.1) is 0 Å². The van der Waals surface area contributed by atoms with Gasteiger partial charge >= 0.3 is 0 Å². The summed E-state index contributed by atoms with van der Waals surface area (Å²) in [7, 11) is 0. The standard InChI is InChI=1S/C13H13N3S/c1-3-10-4-6-11(7-5-10)12-8-16-13(14-12)17-9(2)15-16/h4-8H,3H2,1-2H3. The first-order valence-corrected chi connectivity index (χ1v) is 6.50. The lowest BCUT2D eigenvalue weighted by molar-refractivity contribution is 0.946. The molecular weight excluding hydrogens is 230 g/mol. The molecule has 2 heterocycles. The summed E-state index contributed by atoms with van der Waals surface area (Å²) >= 11 is 1.62. The van der Waals surface area contributed by atoms with Crippen LogP contribution in [-0.4, -0.2) is 14.6 Å². The largest absolute Gasteiger partial charge is 0.217 e. The van der Waals surface area contributed by atoms with E-state index in [9.17, 15) is 0 Å². The first-order valence-electron chi connectivity index (χ1n) is 5.68. The molecule has 86 valence electrons. The minimum absolute atomic E-state index is 0.956. The third kappa shape index (κ3) is 1.85. The molecule has 0 saturated carbocycles. The maximum atomic E-state index is 4.58. The third-order valence-corrected chi connectivity index (χ3v) is 3.64. The van der Waals surface area contributed by atoms with E-state index in [0.29, 0.717) is 0 Å². The van der Waals surface area contributed by atoms with E-state index in [-0.39, 0.29) is 0 Å². The number of aromatic nitrogens is 3. The summed E-state index contributed by atoms with van der Waals surface area (Å²) in [5.41, 5.74) is 3.49. The second kappa shape index (κ2) is 3.96. The highest BCUT2D eigenvalue weighted by molar-refractivity contribution is 7.16. The first-order chi connectivity index (χ1) is 8.26. The van der Waals surface area contributed by atoms with Crippen molar-refractivity contribution in [3.63, 3.8) is 0 Å². The van der Waals surface area contributed by atoms with Crippen LogP contribution in [0.25, 0.3) is 16.2 Å². The zero-order chi connectivity index (χ0) is 11.8.